The van der Waals surface area contributed by atoms with Crippen LogP contribution in [0, 0.1) is 19.8 Å². The molecule has 2 heterocycles. The van der Waals surface area contributed by atoms with Gasteiger partial charge in [0.1, 0.15) is 4.21 Å². The Morgan fingerprint density at radius 3 is 2.72 bits per heavy atom. The van der Waals surface area contributed by atoms with Gasteiger partial charge in [0.05, 0.1) is 5.92 Å². The lowest BCUT2D eigenvalue weighted by molar-refractivity contribution is -0.120. The molecule has 0 unspecified atom stereocenters. The number of thiophene rings is 1. The molecule has 1 N–H and O–H groups in total. The van der Waals surface area contributed by atoms with Crippen molar-refractivity contribution in [1.82, 2.24) is 4.31 Å². The lowest BCUT2D eigenvalue weighted by atomic mass is 9.98. The molecule has 0 spiro atoms. The average molecular weight is 379 g/mol. The first-order valence-corrected chi connectivity index (χ1v) is 10.6. The molecule has 5 nitrogen and oxygen atoms in total. The van der Waals surface area contributed by atoms with Crippen molar-refractivity contribution in [2.24, 2.45) is 5.92 Å². The molecule has 134 valence electrons. The van der Waals surface area contributed by atoms with E-state index in [4.69, 9.17) is 0 Å². The summed E-state index contributed by atoms with van der Waals surface area (Å²) in [6.07, 6.45) is 1.39. The first-order valence-electron chi connectivity index (χ1n) is 8.30. The van der Waals surface area contributed by atoms with E-state index in [1.54, 1.807) is 6.07 Å². The molecule has 3 rings (SSSR count). The van der Waals surface area contributed by atoms with E-state index >= 15 is 0 Å². The van der Waals surface area contributed by atoms with Crippen molar-refractivity contribution in [1.29, 1.82) is 0 Å². The van der Waals surface area contributed by atoms with E-state index in [0.717, 1.165) is 16.1 Å². The van der Waals surface area contributed by atoms with Gasteiger partial charge in [0.15, 0.2) is 0 Å². The zero-order valence-electron chi connectivity index (χ0n) is 14.4. The minimum absolute atomic E-state index is 0.118. The Kier molecular flexibility index (Phi) is 5.27. The summed E-state index contributed by atoms with van der Waals surface area (Å²) in [6, 6.07) is 11.1. The Hall–Kier alpha value is -1.70. The van der Waals surface area contributed by atoms with Gasteiger partial charge in [-0.05, 0) is 56.5 Å². The van der Waals surface area contributed by atoms with Crippen LogP contribution in [0.2, 0.25) is 0 Å². The second-order valence-electron chi connectivity index (χ2n) is 6.43. The number of nitrogens with one attached hydrogen (secondary N) is 1. The Bertz CT molecular complexity index is 874. The summed E-state index contributed by atoms with van der Waals surface area (Å²) in [7, 11) is -3.52. The summed E-state index contributed by atoms with van der Waals surface area (Å²) in [5.74, 6) is -0.446. The van der Waals surface area contributed by atoms with Crippen LogP contribution in [-0.2, 0) is 14.8 Å². The van der Waals surface area contributed by atoms with E-state index < -0.39 is 10.0 Å². The largest absolute Gasteiger partial charge is 0.326 e. The van der Waals surface area contributed by atoms with Crippen molar-refractivity contribution in [3.63, 3.8) is 0 Å². The predicted molar refractivity (Wildman–Crippen MR) is 100 cm³/mol. The number of carbonyl (C=O) groups excluding carboxylic acids is 1. The van der Waals surface area contributed by atoms with Gasteiger partial charge in [-0.2, -0.15) is 4.31 Å². The molecule has 1 aromatic heterocycles. The third-order valence-electron chi connectivity index (χ3n) is 4.35. The molecule has 1 aliphatic heterocycles. The number of benzene rings is 1. The highest BCUT2D eigenvalue weighted by molar-refractivity contribution is 7.91. The SMILES string of the molecule is Cc1cccc(NC(=O)[C@H]2CCCN(S(=O)(=O)c3ccc(C)s3)C2)c1. The predicted octanol–water partition coefficient (Wildman–Crippen LogP) is 3.40. The molecule has 0 radical (unpaired) electrons. The minimum atomic E-state index is -3.52. The number of hydrogen-bond donors (Lipinski definition) is 1. The first-order chi connectivity index (χ1) is 11.9. The molecule has 2 aromatic rings. The molecular weight excluding hydrogens is 356 g/mol. The molecule has 1 aromatic carbocycles. The molecular formula is C18H22N2O3S2. The fourth-order valence-corrected chi connectivity index (χ4v) is 5.98. The van der Waals surface area contributed by atoms with E-state index in [0.29, 0.717) is 23.6 Å². The van der Waals surface area contributed by atoms with Gasteiger partial charge in [-0.15, -0.1) is 11.3 Å². The fourth-order valence-electron chi connectivity index (χ4n) is 3.02. The van der Waals surface area contributed by atoms with Gasteiger partial charge >= 0.3 is 0 Å². The number of nitrogens with zero attached hydrogens (tertiary/aromatic N) is 1. The topological polar surface area (TPSA) is 66.5 Å². The van der Waals surface area contributed by atoms with Crippen LogP contribution in [0.1, 0.15) is 23.3 Å². The zero-order valence-corrected chi connectivity index (χ0v) is 16.0. The van der Waals surface area contributed by atoms with E-state index in [9.17, 15) is 13.2 Å². The number of aryl methyl sites for hydroxylation is 2. The Balaban J connectivity index is 1.71. The van der Waals surface area contributed by atoms with Crippen LogP contribution in [0.25, 0.3) is 0 Å². The molecule has 1 saturated heterocycles. The van der Waals surface area contributed by atoms with E-state index in [2.05, 4.69) is 5.32 Å². The average Bonchev–Trinajstić information content (AvgIpc) is 3.02. The van der Waals surface area contributed by atoms with Crippen LogP contribution in [0.3, 0.4) is 0 Å². The second kappa shape index (κ2) is 7.27. The summed E-state index contributed by atoms with van der Waals surface area (Å²) in [5.41, 5.74) is 1.82. The van der Waals surface area contributed by atoms with Crippen molar-refractivity contribution >= 4 is 33.0 Å². The van der Waals surface area contributed by atoms with E-state index in [1.165, 1.54) is 15.6 Å². The van der Waals surface area contributed by atoms with Crippen molar-refractivity contribution in [2.45, 2.75) is 30.9 Å². The molecule has 0 saturated carbocycles. The summed E-state index contributed by atoms with van der Waals surface area (Å²) < 4.78 is 27.4. The smallest absolute Gasteiger partial charge is 0.252 e. The van der Waals surface area contributed by atoms with Crippen LogP contribution in [0.5, 0.6) is 0 Å². The molecule has 0 bridgehead atoms. The summed E-state index contributed by atoms with van der Waals surface area (Å²) in [4.78, 5) is 13.5. The van der Waals surface area contributed by atoms with Crippen LogP contribution in [0.4, 0.5) is 5.69 Å². The maximum absolute atomic E-state index is 12.8. The van der Waals surface area contributed by atoms with Gasteiger partial charge in [0.25, 0.3) is 10.0 Å². The Morgan fingerprint density at radius 1 is 1.24 bits per heavy atom. The standard InChI is InChI=1S/C18H22N2O3S2/c1-13-5-3-7-16(11-13)19-18(21)15-6-4-10-20(12-15)25(22,23)17-9-8-14(2)24-17/h3,5,7-9,11,15H,4,6,10,12H2,1-2H3,(H,19,21)/t15-/m0/s1. The van der Waals surface area contributed by atoms with Crippen molar-refractivity contribution in [3.8, 4) is 0 Å². The lowest BCUT2D eigenvalue weighted by Gasteiger charge is -2.30. The van der Waals surface area contributed by atoms with Crippen LogP contribution >= 0.6 is 11.3 Å². The normalized spacial score (nSPS) is 18.9. The van der Waals surface area contributed by atoms with Gasteiger partial charge in [-0.1, -0.05) is 12.1 Å². The maximum atomic E-state index is 12.8. The highest BCUT2D eigenvalue weighted by Gasteiger charge is 2.34. The molecule has 1 atom stereocenters. The molecule has 25 heavy (non-hydrogen) atoms. The molecule has 0 aliphatic carbocycles. The molecule has 7 heteroatoms. The molecule has 1 fully saturated rings. The van der Waals surface area contributed by atoms with Crippen LogP contribution < -0.4 is 5.32 Å². The van der Waals surface area contributed by atoms with E-state index in [-0.39, 0.29) is 18.4 Å². The van der Waals surface area contributed by atoms with Crippen LogP contribution in [-0.4, -0.2) is 31.7 Å². The summed E-state index contributed by atoms with van der Waals surface area (Å²) >= 11 is 1.27. The first kappa shape index (κ1) is 18.1. The Labute approximate surface area is 152 Å². The lowest BCUT2D eigenvalue weighted by Crippen LogP contribution is -2.43. The quantitative estimate of drug-likeness (QED) is 0.887. The van der Waals surface area contributed by atoms with E-state index in [1.807, 2.05) is 44.2 Å². The summed E-state index contributed by atoms with van der Waals surface area (Å²) in [6.45, 7) is 4.55. The van der Waals surface area contributed by atoms with Crippen molar-refractivity contribution < 1.29 is 13.2 Å². The third-order valence-corrected chi connectivity index (χ3v) is 7.68. The maximum Gasteiger partial charge on any atom is 0.252 e. The van der Waals surface area contributed by atoms with Crippen LogP contribution in [0.15, 0.2) is 40.6 Å². The van der Waals surface area contributed by atoms with Crippen molar-refractivity contribution in [2.75, 3.05) is 18.4 Å². The number of piperidine rings is 1. The highest BCUT2D eigenvalue weighted by atomic mass is 32.2. The van der Waals surface area contributed by atoms with Crippen molar-refractivity contribution in [3.05, 3.63) is 46.8 Å². The Morgan fingerprint density at radius 2 is 2.04 bits per heavy atom. The number of hydrogen-bond acceptors (Lipinski definition) is 4. The summed E-state index contributed by atoms with van der Waals surface area (Å²) in [5, 5.41) is 2.91. The number of sulfonamides is 1. The molecule has 1 amide bonds. The molecule has 1 aliphatic rings. The number of carbonyl (C=O) groups is 1. The van der Waals surface area contributed by atoms with Gasteiger partial charge in [-0.25, -0.2) is 8.42 Å². The van der Waals surface area contributed by atoms with Gasteiger partial charge in [-0.3, -0.25) is 4.79 Å². The zero-order chi connectivity index (χ0) is 18.0. The monoisotopic (exact) mass is 378 g/mol. The number of anilines is 1. The fraction of sp³-hybridized carbons (Fsp3) is 0.389. The van der Waals surface area contributed by atoms with Gasteiger partial charge in [0, 0.05) is 23.7 Å². The minimum Gasteiger partial charge on any atom is -0.326 e. The van der Waals surface area contributed by atoms with Gasteiger partial charge < -0.3 is 5.32 Å². The number of rotatable bonds is 4. The second-order valence-corrected chi connectivity index (χ2v) is 9.88. The highest BCUT2D eigenvalue weighted by Crippen LogP contribution is 2.28. The number of amides is 1. The third kappa shape index (κ3) is 4.11. The van der Waals surface area contributed by atoms with Gasteiger partial charge in [0.2, 0.25) is 5.91 Å².